The van der Waals surface area contributed by atoms with Crippen LogP contribution in [0.5, 0.6) is 5.75 Å². The summed E-state index contributed by atoms with van der Waals surface area (Å²) in [6.45, 7) is 3.94. The SMILES string of the molecule is CC[C@@H]1CN(Cc2cc(C(CC(=O)O)c3ccc(S(N)(=O)=O)o3)ccc2C)S(=O)(=O)c2ccccc2O1. The zero-order chi connectivity index (χ0) is 27.0. The molecule has 0 saturated heterocycles. The van der Waals surface area contributed by atoms with Crippen LogP contribution in [0.2, 0.25) is 0 Å². The van der Waals surface area contributed by atoms with Crippen molar-refractivity contribution in [2.45, 2.75) is 55.2 Å². The summed E-state index contributed by atoms with van der Waals surface area (Å²) in [4.78, 5) is 11.7. The number of rotatable bonds is 8. The summed E-state index contributed by atoms with van der Waals surface area (Å²) >= 11 is 0. The van der Waals surface area contributed by atoms with Crippen molar-refractivity contribution in [1.29, 1.82) is 0 Å². The van der Waals surface area contributed by atoms with E-state index in [-0.39, 0.29) is 36.3 Å². The lowest BCUT2D eigenvalue weighted by Gasteiger charge is -2.24. The van der Waals surface area contributed by atoms with Gasteiger partial charge in [0.15, 0.2) is 0 Å². The highest BCUT2D eigenvalue weighted by molar-refractivity contribution is 7.89. The van der Waals surface area contributed by atoms with Crippen LogP contribution < -0.4 is 9.88 Å². The fraction of sp³-hybridized carbons (Fsp3) is 0.320. The largest absolute Gasteiger partial charge is 0.488 e. The quantitative estimate of drug-likeness (QED) is 0.434. The van der Waals surface area contributed by atoms with Crippen molar-refractivity contribution in [2.75, 3.05) is 6.54 Å². The molecule has 3 aromatic rings. The molecule has 1 aliphatic heterocycles. The van der Waals surface area contributed by atoms with Gasteiger partial charge in [-0.1, -0.05) is 37.3 Å². The van der Waals surface area contributed by atoms with E-state index in [4.69, 9.17) is 14.3 Å². The average molecular weight is 549 g/mol. The number of primary sulfonamides is 1. The molecule has 198 valence electrons. The van der Waals surface area contributed by atoms with Crippen LogP contribution in [-0.4, -0.2) is 44.9 Å². The number of para-hydroxylation sites is 1. The number of carbonyl (C=O) groups is 1. The van der Waals surface area contributed by atoms with Gasteiger partial charge in [-0.25, -0.2) is 22.0 Å². The standard InChI is InChI=1S/C25H28N2O8S2/c1-3-19-15-27(37(32,33)23-7-5-4-6-22(23)34-19)14-18-12-17(9-8-16(18)2)20(13-24(28)29)21-10-11-25(35-21)36(26,30)31/h4-12,19-20H,3,13-15H2,1-2H3,(H,28,29)(H2,26,30,31)/t19-,20?/m1/s1. The number of furan rings is 1. The summed E-state index contributed by atoms with van der Waals surface area (Å²) in [7, 11) is -7.99. The predicted molar refractivity (Wildman–Crippen MR) is 134 cm³/mol. The normalized spacial score (nSPS) is 18.4. The molecule has 2 aromatic carbocycles. The minimum absolute atomic E-state index is 0.0383. The van der Waals surface area contributed by atoms with E-state index in [9.17, 15) is 26.7 Å². The molecule has 0 radical (unpaired) electrons. The number of nitrogens with zero attached hydrogens (tertiary/aromatic N) is 1. The van der Waals surface area contributed by atoms with Crippen molar-refractivity contribution in [3.05, 3.63) is 77.0 Å². The molecule has 1 aromatic heterocycles. The smallest absolute Gasteiger partial charge is 0.304 e. The first-order valence-electron chi connectivity index (χ1n) is 11.6. The van der Waals surface area contributed by atoms with Gasteiger partial charge in [0.2, 0.25) is 15.1 Å². The van der Waals surface area contributed by atoms with Gasteiger partial charge >= 0.3 is 5.97 Å². The number of ether oxygens (including phenoxy) is 1. The Morgan fingerprint density at radius 2 is 1.92 bits per heavy atom. The highest BCUT2D eigenvalue weighted by Gasteiger charge is 2.34. The van der Waals surface area contributed by atoms with Crippen LogP contribution >= 0.6 is 0 Å². The summed E-state index contributed by atoms with van der Waals surface area (Å²) < 4.78 is 63.2. The van der Waals surface area contributed by atoms with Crippen molar-refractivity contribution in [3.8, 4) is 5.75 Å². The number of benzene rings is 2. The average Bonchev–Trinajstić information content (AvgIpc) is 3.30. The van der Waals surface area contributed by atoms with Gasteiger partial charge in [-0.3, -0.25) is 4.79 Å². The first kappa shape index (κ1) is 26.9. The van der Waals surface area contributed by atoms with Crippen molar-refractivity contribution >= 4 is 26.0 Å². The first-order valence-corrected chi connectivity index (χ1v) is 14.6. The minimum Gasteiger partial charge on any atom is -0.488 e. The van der Waals surface area contributed by atoms with Crippen molar-refractivity contribution in [3.63, 3.8) is 0 Å². The van der Waals surface area contributed by atoms with Crippen LogP contribution in [0.25, 0.3) is 0 Å². The van der Waals surface area contributed by atoms with E-state index in [2.05, 4.69) is 0 Å². The third-order valence-corrected chi connectivity index (χ3v) is 8.98. The summed E-state index contributed by atoms with van der Waals surface area (Å²) in [6.07, 6.45) is -0.118. The van der Waals surface area contributed by atoms with Crippen molar-refractivity contribution in [1.82, 2.24) is 4.31 Å². The summed E-state index contributed by atoms with van der Waals surface area (Å²) in [5, 5.41) is 14.2. The number of sulfonamides is 2. The van der Waals surface area contributed by atoms with Crippen LogP contribution in [0.15, 0.2) is 69.0 Å². The van der Waals surface area contributed by atoms with E-state index in [1.165, 1.54) is 22.5 Å². The van der Waals surface area contributed by atoms with Gasteiger partial charge in [0, 0.05) is 6.54 Å². The number of hydrogen-bond acceptors (Lipinski definition) is 7. The molecule has 0 spiro atoms. The molecule has 37 heavy (non-hydrogen) atoms. The van der Waals surface area contributed by atoms with Crippen LogP contribution in [-0.2, 0) is 31.4 Å². The Kier molecular flexibility index (Phi) is 7.47. The molecule has 1 aliphatic rings. The van der Waals surface area contributed by atoms with Gasteiger partial charge < -0.3 is 14.3 Å². The van der Waals surface area contributed by atoms with Gasteiger partial charge in [0.05, 0.1) is 18.9 Å². The van der Waals surface area contributed by atoms with Gasteiger partial charge in [0.1, 0.15) is 22.5 Å². The summed E-state index contributed by atoms with van der Waals surface area (Å²) in [5.41, 5.74) is 2.02. The maximum Gasteiger partial charge on any atom is 0.304 e. The Morgan fingerprint density at radius 3 is 2.57 bits per heavy atom. The molecule has 2 heterocycles. The van der Waals surface area contributed by atoms with E-state index in [1.54, 1.807) is 36.4 Å². The number of aliphatic carboxylic acids is 1. The fourth-order valence-corrected chi connectivity index (χ4v) is 6.34. The highest BCUT2D eigenvalue weighted by atomic mass is 32.2. The summed E-state index contributed by atoms with van der Waals surface area (Å²) in [5.74, 6) is -1.50. The fourth-order valence-electron chi connectivity index (χ4n) is 4.30. The zero-order valence-electron chi connectivity index (χ0n) is 20.3. The Labute approximate surface area is 215 Å². The molecule has 0 bridgehead atoms. The lowest BCUT2D eigenvalue weighted by atomic mass is 9.90. The Balaban J connectivity index is 1.73. The number of fused-ring (bicyclic) bond motifs is 1. The third kappa shape index (κ3) is 5.72. The molecule has 12 heteroatoms. The van der Waals surface area contributed by atoms with E-state index in [1.807, 2.05) is 13.8 Å². The molecule has 0 aliphatic carbocycles. The third-order valence-electron chi connectivity index (χ3n) is 6.35. The van der Waals surface area contributed by atoms with E-state index >= 15 is 0 Å². The Morgan fingerprint density at radius 1 is 1.19 bits per heavy atom. The van der Waals surface area contributed by atoms with Crippen molar-refractivity contribution in [2.24, 2.45) is 5.14 Å². The number of nitrogens with two attached hydrogens (primary N) is 1. The number of carboxylic acid groups (broad SMARTS) is 1. The number of hydrogen-bond donors (Lipinski definition) is 2. The second-order valence-electron chi connectivity index (χ2n) is 8.93. The van der Waals surface area contributed by atoms with E-state index < -0.39 is 37.0 Å². The first-order chi connectivity index (χ1) is 17.4. The number of carboxylic acids is 1. The molecule has 2 atom stereocenters. The van der Waals surface area contributed by atoms with E-state index in [0.717, 1.165) is 5.56 Å². The van der Waals surface area contributed by atoms with Crippen LogP contribution in [0.3, 0.4) is 0 Å². The predicted octanol–water partition coefficient (Wildman–Crippen LogP) is 3.20. The molecule has 0 amide bonds. The maximum absolute atomic E-state index is 13.6. The Bertz CT molecular complexity index is 1530. The molecule has 4 rings (SSSR count). The van der Waals surface area contributed by atoms with Gasteiger partial charge in [0.25, 0.3) is 10.0 Å². The molecular weight excluding hydrogens is 520 g/mol. The van der Waals surface area contributed by atoms with Crippen LogP contribution in [0.1, 0.15) is 48.1 Å². The van der Waals surface area contributed by atoms with Gasteiger partial charge in [-0.05, 0) is 54.3 Å². The van der Waals surface area contributed by atoms with Crippen LogP contribution in [0.4, 0.5) is 0 Å². The van der Waals surface area contributed by atoms with Gasteiger partial charge in [-0.2, -0.15) is 4.31 Å². The van der Waals surface area contributed by atoms with Gasteiger partial charge in [-0.15, -0.1) is 0 Å². The lowest BCUT2D eigenvalue weighted by molar-refractivity contribution is -0.137. The minimum atomic E-state index is -4.11. The maximum atomic E-state index is 13.6. The zero-order valence-corrected chi connectivity index (χ0v) is 22.0. The lowest BCUT2D eigenvalue weighted by Crippen LogP contribution is -2.36. The topological polar surface area (TPSA) is 157 Å². The highest BCUT2D eigenvalue weighted by Crippen LogP contribution is 2.35. The molecule has 3 N–H and O–H groups in total. The molecule has 0 saturated carbocycles. The number of aryl methyl sites for hydroxylation is 1. The van der Waals surface area contributed by atoms with Crippen molar-refractivity contribution < 1.29 is 35.9 Å². The molecule has 1 unspecified atom stereocenters. The molecule has 0 fully saturated rings. The molecule has 10 nitrogen and oxygen atoms in total. The molecular formula is C25H28N2O8S2. The second kappa shape index (κ2) is 10.3. The Hall–Kier alpha value is -3.19. The second-order valence-corrected chi connectivity index (χ2v) is 12.3. The van der Waals surface area contributed by atoms with E-state index in [0.29, 0.717) is 23.3 Å². The summed E-state index contributed by atoms with van der Waals surface area (Å²) in [6, 6.07) is 14.3. The van der Waals surface area contributed by atoms with Crippen LogP contribution in [0, 0.1) is 6.92 Å². The monoisotopic (exact) mass is 548 g/mol.